The Bertz CT molecular complexity index is 934. The maximum absolute atomic E-state index is 12.9. The molecule has 0 unspecified atom stereocenters. The molecule has 1 heterocycles. The molecule has 3 aromatic rings. The number of nitrogens with zero attached hydrogens (tertiary/aromatic N) is 3. The van der Waals surface area contributed by atoms with Gasteiger partial charge >= 0.3 is 0 Å². The summed E-state index contributed by atoms with van der Waals surface area (Å²) in [5.74, 6) is -0.784. The maximum atomic E-state index is 12.9. The van der Waals surface area contributed by atoms with Crippen molar-refractivity contribution in [2.24, 2.45) is 7.05 Å². The second kappa shape index (κ2) is 6.52. The van der Waals surface area contributed by atoms with E-state index in [0.717, 1.165) is 0 Å². The fraction of sp³-hybridized carbons (Fsp3) is 0.0588. The molecule has 25 heavy (non-hydrogen) atoms. The summed E-state index contributed by atoms with van der Waals surface area (Å²) in [7, 11) is 1.62. The molecule has 1 N–H and O–H groups in total. The predicted molar refractivity (Wildman–Crippen MR) is 89.7 cm³/mol. The fourth-order valence-corrected chi connectivity index (χ4v) is 2.30. The highest BCUT2D eigenvalue weighted by Gasteiger charge is 2.15. The van der Waals surface area contributed by atoms with Crippen LogP contribution in [0, 0.1) is 15.9 Å². The number of nitrogens with one attached hydrogen (secondary N) is 1. The van der Waals surface area contributed by atoms with E-state index in [1.54, 1.807) is 25.2 Å². The number of carbonyl (C=O) groups is 1. The molecule has 3 rings (SSSR count). The standard InChI is InChI=1S/C17H13FN4O3/c1-21-16(17(23)19-13-6-4-12(18)5-7-13)10-15(20-21)11-2-8-14(9-3-11)22(24)25/h2-10H,1H3,(H,19,23). The summed E-state index contributed by atoms with van der Waals surface area (Å²) in [6, 6.07) is 12.9. The molecule has 0 radical (unpaired) electrons. The lowest BCUT2D eigenvalue weighted by Gasteiger charge is -2.04. The average molecular weight is 340 g/mol. The Morgan fingerprint density at radius 3 is 2.40 bits per heavy atom. The number of nitro groups is 1. The van der Waals surface area contributed by atoms with Crippen LogP contribution in [0.4, 0.5) is 15.8 Å². The number of halogens is 1. The Kier molecular flexibility index (Phi) is 4.25. The number of aromatic nitrogens is 2. The van der Waals surface area contributed by atoms with Crippen molar-refractivity contribution in [3.63, 3.8) is 0 Å². The van der Waals surface area contributed by atoms with E-state index >= 15 is 0 Å². The smallest absolute Gasteiger partial charge is 0.273 e. The molecule has 0 fully saturated rings. The number of rotatable bonds is 4. The van der Waals surface area contributed by atoms with Gasteiger partial charge in [-0.05, 0) is 42.5 Å². The van der Waals surface area contributed by atoms with Crippen molar-refractivity contribution < 1.29 is 14.1 Å². The molecule has 0 aliphatic heterocycles. The summed E-state index contributed by atoms with van der Waals surface area (Å²) >= 11 is 0. The predicted octanol–water partition coefficient (Wildman–Crippen LogP) is 3.39. The molecule has 126 valence electrons. The molecule has 0 aliphatic carbocycles. The average Bonchev–Trinajstić information content (AvgIpc) is 2.99. The van der Waals surface area contributed by atoms with Crippen molar-refractivity contribution in [2.75, 3.05) is 5.32 Å². The maximum Gasteiger partial charge on any atom is 0.273 e. The van der Waals surface area contributed by atoms with Gasteiger partial charge in [0, 0.05) is 30.4 Å². The van der Waals surface area contributed by atoms with Crippen molar-refractivity contribution in [2.45, 2.75) is 0 Å². The van der Waals surface area contributed by atoms with Crippen LogP contribution in [-0.4, -0.2) is 20.6 Å². The van der Waals surface area contributed by atoms with Gasteiger partial charge in [-0.15, -0.1) is 0 Å². The van der Waals surface area contributed by atoms with Crippen LogP contribution in [0.3, 0.4) is 0 Å². The van der Waals surface area contributed by atoms with Crippen LogP contribution in [-0.2, 0) is 7.05 Å². The SMILES string of the molecule is Cn1nc(-c2ccc([N+](=O)[O-])cc2)cc1C(=O)Nc1ccc(F)cc1. The summed E-state index contributed by atoms with van der Waals surface area (Å²) in [6.07, 6.45) is 0. The molecule has 0 aliphatic rings. The topological polar surface area (TPSA) is 90.1 Å². The largest absolute Gasteiger partial charge is 0.321 e. The number of benzene rings is 2. The normalized spacial score (nSPS) is 10.5. The Morgan fingerprint density at radius 1 is 1.16 bits per heavy atom. The molecule has 2 aromatic carbocycles. The van der Waals surface area contributed by atoms with Gasteiger partial charge in [-0.3, -0.25) is 19.6 Å². The number of anilines is 1. The first-order valence-corrected chi connectivity index (χ1v) is 7.30. The second-order valence-corrected chi connectivity index (χ2v) is 5.30. The van der Waals surface area contributed by atoms with Crippen LogP contribution in [0.15, 0.2) is 54.6 Å². The number of aryl methyl sites for hydroxylation is 1. The lowest BCUT2D eigenvalue weighted by molar-refractivity contribution is -0.384. The lowest BCUT2D eigenvalue weighted by Crippen LogP contribution is -2.15. The second-order valence-electron chi connectivity index (χ2n) is 5.30. The van der Waals surface area contributed by atoms with Crippen LogP contribution < -0.4 is 5.32 Å². The molecule has 8 heteroatoms. The summed E-state index contributed by atoms with van der Waals surface area (Å²) in [4.78, 5) is 22.6. The molecule has 7 nitrogen and oxygen atoms in total. The fourth-order valence-electron chi connectivity index (χ4n) is 2.30. The van der Waals surface area contributed by atoms with E-state index in [4.69, 9.17) is 0 Å². The van der Waals surface area contributed by atoms with Crippen LogP contribution in [0.2, 0.25) is 0 Å². The first-order valence-electron chi connectivity index (χ1n) is 7.30. The number of hydrogen-bond donors (Lipinski definition) is 1. The van der Waals surface area contributed by atoms with E-state index in [9.17, 15) is 19.3 Å². The van der Waals surface area contributed by atoms with Crippen molar-refractivity contribution in [1.82, 2.24) is 9.78 Å². The minimum absolute atomic E-state index is 0.0195. The van der Waals surface area contributed by atoms with E-state index in [2.05, 4.69) is 10.4 Å². The summed E-state index contributed by atoms with van der Waals surface area (Å²) in [5.41, 5.74) is 1.92. The van der Waals surface area contributed by atoms with Crippen LogP contribution in [0.25, 0.3) is 11.3 Å². The molecule has 0 spiro atoms. The first-order chi connectivity index (χ1) is 11.9. The number of hydrogen-bond acceptors (Lipinski definition) is 4. The molecule has 0 saturated heterocycles. The van der Waals surface area contributed by atoms with Gasteiger partial charge in [0.1, 0.15) is 11.5 Å². The Balaban J connectivity index is 1.82. The van der Waals surface area contributed by atoms with E-state index < -0.39 is 10.8 Å². The Labute approximate surface area is 141 Å². The summed E-state index contributed by atoms with van der Waals surface area (Å²) < 4.78 is 14.3. The zero-order valence-electron chi connectivity index (χ0n) is 13.1. The molecule has 0 saturated carbocycles. The number of nitro benzene ring substituents is 1. The minimum Gasteiger partial charge on any atom is -0.321 e. The zero-order chi connectivity index (χ0) is 18.0. The molecular weight excluding hydrogens is 327 g/mol. The summed E-state index contributed by atoms with van der Waals surface area (Å²) in [5, 5.41) is 17.6. The molecular formula is C17H13FN4O3. The number of amides is 1. The van der Waals surface area contributed by atoms with E-state index in [1.165, 1.54) is 41.1 Å². The quantitative estimate of drug-likeness (QED) is 0.582. The van der Waals surface area contributed by atoms with E-state index in [0.29, 0.717) is 22.6 Å². The molecule has 1 aromatic heterocycles. The number of carbonyl (C=O) groups excluding carboxylic acids is 1. The van der Waals surface area contributed by atoms with Crippen molar-refractivity contribution in [3.05, 3.63) is 76.2 Å². The van der Waals surface area contributed by atoms with Gasteiger partial charge in [-0.1, -0.05) is 0 Å². The molecule has 0 atom stereocenters. The van der Waals surface area contributed by atoms with Crippen LogP contribution in [0.1, 0.15) is 10.5 Å². The van der Waals surface area contributed by atoms with Crippen LogP contribution in [0.5, 0.6) is 0 Å². The number of non-ortho nitro benzene ring substituents is 1. The third-order valence-electron chi connectivity index (χ3n) is 3.59. The first kappa shape index (κ1) is 16.3. The Morgan fingerprint density at radius 2 is 1.80 bits per heavy atom. The van der Waals surface area contributed by atoms with Crippen LogP contribution >= 0.6 is 0 Å². The van der Waals surface area contributed by atoms with E-state index in [-0.39, 0.29) is 11.5 Å². The highest BCUT2D eigenvalue weighted by Crippen LogP contribution is 2.22. The van der Waals surface area contributed by atoms with Gasteiger partial charge in [0.25, 0.3) is 11.6 Å². The monoisotopic (exact) mass is 340 g/mol. The highest BCUT2D eigenvalue weighted by molar-refractivity contribution is 6.03. The van der Waals surface area contributed by atoms with Crippen molar-refractivity contribution in [3.8, 4) is 11.3 Å². The van der Waals surface area contributed by atoms with Gasteiger partial charge in [0.05, 0.1) is 10.6 Å². The molecule has 1 amide bonds. The lowest BCUT2D eigenvalue weighted by atomic mass is 10.1. The Hall–Kier alpha value is -3.55. The third-order valence-corrected chi connectivity index (χ3v) is 3.59. The van der Waals surface area contributed by atoms with Crippen molar-refractivity contribution in [1.29, 1.82) is 0 Å². The van der Waals surface area contributed by atoms with Gasteiger partial charge in [0.2, 0.25) is 0 Å². The third kappa shape index (κ3) is 3.52. The highest BCUT2D eigenvalue weighted by atomic mass is 19.1. The van der Waals surface area contributed by atoms with Gasteiger partial charge in [-0.2, -0.15) is 5.10 Å². The minimum atomic E-state index is -0.482. The summed E-state index contributed by atoms with van der Waals surface area (Å²) in [6.45, 7) is 0. The molecule has 0 bridgehead atoms. The zero-order valence-corrected chi connectivity index (χ0v) is 13.1. The van der Waals surface area contributed by atoms with Gasteiger partial charge < -0.3 is 5.32 Å². The van der Waals surface area contributed by atoms with E-state index in [1.807, 2.05) is 0 Å². The van der Waals surface area contributed by atoms with Gasteiger partial charge in [-0.25, -0.2) is 4.39 Å². The van der Waals surface area contributed by atoms with Gasteiger partial charge in [0.15, 0.2) is 0 Å². The van der Waals surface area contributed by atoms with Crippen molar-refractivity contribution >= 4 is 17.3 Å².